The fourth-order valence-corrected chi connectivity index (χ4v) is 4.14. The molecule has 150 valence electrons. The van der Waals surface area contributed by atoms with Crippen LogP contribution in [-0.2, 0) is 10.0 Å². The minimum Gasteiger partial charge on any atom is -0.322 e. The molecule has 1 heterocycles. The van der Waals surface area contributed by atoms with Crippen molar-refractivity contribution in [2.24, 2.45) is 0 Å². The van der Waals surface area contributed by atoms with E-state index >= 15 is 0 Å². The number of carbonyl (C=O) groups excluding carboxylic acids is 1. The van der Waals surface area contributed by atoms with Gasteiger partial charge in [0.05, 0.1) is 16.1 Å². The number of H-pyrrole nitrogens is 1. The van der Waals surface area contributed by atoms with Gasteiger partial charge in [-0.2, -0.15) is 0 Å². The fourth-order valence-electron chi connectivity index (χ4n) is 3.07. The van der Waals surface area contributed by atoms with E-state index < -0.39 is 15.9 Å². The molecule has 0 fully saturated rings. The van der Waals surface area contributed by atoms with Crippen molar-refractivity contribution in [2.45, 2.75) is 4.90 Å². The zero-order chi connectivity index (χ0) is 21.1. The van der Waals surface area contributed by atoms with Crippen LogP contribution in [0.2, 0.25) is 0 Å². The quantitative estimate of drug-likeness (QED) is 0.459. The Morgan fingerprint density at radius 3 is 2.30 bits per heavy atom. The number of nitrogens with one attached hydrogen (secondary N) is 3. The smallest absolute Gasteiger partial charge is 0.261 e. The predicted octanol–water partition coefficient (Wildman–Crippen LogP) is 3.58. The summed E-state index contributed by atoms with van der Waals surface area (Å²) >= 11 is 0. The van der Waals surface area contributed by atoms with E-state index in [9.17, 15) is 18.0 Å². The molecule has 0 bridgehead atoms. The fraction of sp³-hybridized carbons (Fsp3) is 0. The molecule has 3 aromatic carbocycles. The van der Waals surface area contributed by atoms with Gasteiger partial charge in [-0.3, -0.25) is 14.3 Å². The van der Waals surface area contributed by atoms with E-state index in [-0.39, 0.29) is 16.0 Å². The Morgan fingerprint density at radius 1 is 0.800 bits per heavy atom. The summed E-state index contributed by atoms with van der Waals surface area (Å²) in [5, 5.41) is 3.32. The number of anilines is 2. The molecule has 1 amide bonds. The lowest BCUT2D eigenvalue weighted by atomic mass is 10.1. The highest BCUT2D eigenvalue weighted by Crippen LogP contribution is 2.21. The first-order valence-electron chi connectivity index (χ1n) is 9.04. The van der Waals surface area contributed by atoms with Crippen LogP contribution in [0, 0.1) is 0 Å². The number of sulfonamides is 1. The molecule has 7 nitrogen and oxygen atoms in total. The molecule has 0 saturated carbocycles. The first-order valence-corrected chi connectivity index (χ1v) is 10.5. The summed E-state index contributed by atoms with van der Waals surface area (Å²) in [5.74, 6) is -0.472. The molecule has 0 radical (unpaired) electrons. The summed E-state index contributed by atoms with van der Waals surface area (Å²) in [6.07, 6.45) is 0. The van der Waals surface area contributed by atoms with Crippen LogP contribution in [0.3, 0.4) is 0 Å². The molecule has 4 rings (SSSR count). The maximum Gasteiger partial charge on any atom is 0.261 e. The second-order valence-corrected chi connectivity index (χ2v) is 8.23. The third-order valence-electron chi connectivity index (χ3n) is 4.42. The number of hydrogen-bond acceptors (Lipinski definition) is 4. The number of para-hydroxylation sites is 1. The first-order chi connectivity index (χ1) is 14.4. The number of aromatic nitrogens is 1. The van der Waals surface area contributed by atoms with Gasteiger partial charge in [-0.1, -0.05) is 42.5 Å². The van der Waals surface area contributed by atoms with E-state index in [1.807, 2.05) is 0 Å². The van der Waals surface area contributed by atoms with Crippen LogP contribution in [0.15, 0.2) is 94.6 Å². The average Bonchev–Trinajstić information content (AvgIpc) is 2.73. The lowest BCUT2D eigenvalue weighted by molar-refractivity contribution is 0.102. The molecule has 3 N–H and O–H groups in total. The molecule has 4 aromatic rings. The van der Waals surface area contributed by atoms with Crippen LogP contribution in [-0.4, -0.2) is 19.3 Å². The SMILES string of the molecule is O=C(Nc1cccc(NS(=O)(=O)c2ccccc2)c1)c1cc(=O)[nH]c2ccccc12. The molecule has 0 aliphatic carbocycles. The zero-order valence-electron chi connectivity index (χ0n) is 15.6. The number of pyridine rings is 1. The molecule has 1 aromatic heterocycles. The lowest BCUT2D eigenvalue weighted by Gasteiger charge is -2.11. The number of rotatable bonds is 5. The van der Waals surface area contributed by atoms with Crippen molar-refractivity contribution in [3.05, 3.63) is 101 Å². The van der Waals surface area contributed by atoms with E-state index in [0.717, 1.165) is 0 Å². The summed E-state index contributed by atoms with van der Waals surface area (Å²) in [6, 6.07) is 22.6. The third kappa shape index (κ3) is 4.08. The van der Waals surface area contributed by atoms with Gasteiger partial charge in [0, 0.05) is 22.7 Å². The average molecular weight is 419 g/mol. The van der Waals surface area contributed by atoms with E-state index in [4.69, 9.17) is 0 Å². The van der Waals surface area contributed by atoms with Gasteiger partial charge < -0.3 is 10.3 Å². The van der Waals surface area contributed by atoms with Crippen molar-refractivity contribution in [1.29, 1.82) is 0 Å². The highest BCUT2D eigenvalue weighted by molar-refractivity contribution is 7.92. The van der Waals surface area contributed by atoms with Crippen LogP contribution in [0.4, 0.5) is 11.4 Å². The largest absolute Gasteiger partial charge is 0.322 e. The molecule has 0 aliphatic heterocycles. The third-order valence-corrected chi connectivity index (χ3v) is 5.82. The molecule has 8 heteroatoms. The normalized spacial score (nSPS) is 11.2. The van der Waals surface area contributed by atoms with E-state index in [1.54, 1.807) is 60.7 Å². The van der Waals surface area contributed by atoms with E-state index in [0.29, 0.717) is 22.3 Å². The van der Waals surface area contributed by atoms with Crippen LogP contribution in [0.5, 0.6) is 0 Å². The second kappa shape index (κ2) is 7.84. The minimum absolute atomic E-state index is 0.134. The molecule has 30 heavy (non-hydrogen) atoms. The maximum absolute atomic E-state index is 12.8. The van der Waals surface area contributed by atoms with Gasteiger partial charge in [-0.05, 0) is 36.4 Å². The number of hydrogen-bond donors (Lipinski definition) is 3. The number of benzene rings is 3. The predicted molar refractivity (Wildman–Crippen MR) is 116 cm³/mol. The van der Waals surface area contributed by atoms with Crippen molar-refractivity contribution in [2.75, 3.05) is 10.0 Å². The highest BCUT2D eigenvalue weighted by atomic mass is 32.2. The summed E-state index contributed by atoms with van der Waals surface area (Å²) in [6.45, 7) is 0. The van der Waals surface area contributed by atoms with Crippen molar-refractivity contribution in [3.8, 4) is 0 Å². The number of aromatic amines is 1. The van der Waals surface area contributed by atoms with Crippen molar-refractivity contribution >= 4 is 38.2 Å². The molecule has 0 aliphatic rings. The summed E-state index contributed by atoms with van der Waals surface area (Å²) < 4.78 is 27.5. The van der Waals surface area contributed by atoms with E-state index in [2.05, 4.69) is 15.0 Å². The van der Waals surface area contributed by atoms with Gasteiger partial charge in [0.1, 0.15) is 0 Å². The Kier molecular flexibility index (Phi) is 5.07. The van der Waals surface area contributed by atoms with Gasteiger partial charge in [0.15, 0.2) is 0 Å². The Morgan fingerprint density at radius 2 is 1.50 bits per heavy atom. The zero-order valence-corrected chi connectivity index (χ0v) is 16.4. The molecule has 0 spiro atoms. The second-order valence-electron chi connectivity index (χ2n) is 6.55. The minimum atomic E-state index is -3.75. The Labute approximate surface area is 172 Å². The molecule has 0 saturated heterocycles. The number of fused-ring (bicyclic) bond motifs is 1. The number of amides is 1. The molecular formula is C22H17N3O4S. The Hall–Kier alpha value is -3.91. The van der Waals surface area contributed by atoms with Gasteiger partial charge in [0.2, 0.25) is 5.56 Å². The monoisotopic (exact) mass is 419 g/mol. The summed E-state index contributed by atoms with van der Waals surface area (Å²) in [5.41, 5.74) is 1.08. The number of carbonyl (C=O) groups is 1. The first kappa shape index (κ1) is 19.4. The summed E-state index contributed by atoms with van der Waals surface area (Å²) in [4.78, 5) is 27.5. The van der Waals surface area contributed by atoms with Gasteiger partial charge in [-0.25, -0.2) is 8.42 Å². The molecule has 0 unspecified atom stereocenters. The highest BCUT2D eigenvalue weighted by Gasteiger charge is 2.15. The van der Waals surface area contributed by atoms with Crippen LogP contribution in [0.1, 0.15) is 10.4 Å². The van der Waals surface area contributed by atoms with Crippen LogP contribution < -0.4 is 15.6 Å². The Balaban J connectivity index is 1.60. The molecule has 0 atom stereocenters. The van der Waals surface area contributed by atoms with Crippen LogP contribution >= 0.6 is 0 Å². The van der Waals surface area contributed by atoms with E-state index in [1.165, 1.54) is 24.3 Å². The standard InChI is InChI=1S/C22H17N3O4S/c26-21-14-19(18-11-4-5-12-20(18)24-21)22(27)23-15-7-6-8-16(13-15)25-30(28,29)17-9-2-1-3-10-17/h1-14,25H,(H,23,27)(H,24,26). The van der Waals surface area contributed by atoms with Crippen molar-refractivity contribution in [1.82, 2.24) is 4.98 Å². The van der Waals surface area contributed by atoms with Crippen molar-refractivity contribution in [3.63, 3.8) is 0 Å². The van der Waals surface area contributed by atoms with Gasteiger partial charge in [0.25, 0.3) is 15.9 Å². The van der Waals surface area contributed by atoms with Gasteiger partial charge in [-0.15, -0.1) is 0 Å². The van der Waals surface area contributed by atoms with Gasteiger partial charge >= 0.3 is 0 Å². The lowest BCUT2D eigenvalue weighted by Crippen LogP contribution is -2.17. The molecular weight excluding hydrogens is 402 g/mol. The summed E-state index contributed by atoms with van der Waals surface area (Å²) in [7, 11) is -3.75. The topological polar surface area (TPSA) is 108 Å². The maximum atomic E-state index is 12.8. The van der Waals surface area contributed by atoms with Crippen LogP contribution in [0.25, 0.3) is 10.9 Å². The van der Waals surface area contributed by atoms with Crippen molar-refractivity contribution < 1.29 is 13.2 Å². The Bertz CT molecular complexity index is 1400.